The van der Waals surface area contributed by atoms with Crippen molar-refractivity contribution in [3.05, 3.63) is 22.8 Å². The minimum Gasteiger partial charge on any atom is -0.496 e. The molecule has 0 spiro atoms. The van der Waals surface area contributed by atoms with Crippen molar-refractivity contribution in [2.75, 3.05) is 27.3 Å². The fraction of sp³-hybridized carbons (Fsp3) is 0.682. The number of halogens is 2. The van der Waals surface area contributed by atoms with E-state index in [1.165, 1.54) is 7.11 Å². The first-order valence-corrected chi connectivity index (χ1v) is 10.3. The van der Waals surface area contributed by atoms with Crippen LogP contribution in [0.25, 0.3) is 0 Å². The Bertz CT molecular complexity index is 776. The van der Waals surface area contributed by atoms with Crippen molar-refractivity contribution < 1.29 is 23.4 Å². The SMILES string of the molecule is CCN(C)/C=N/c1cc(OC)c2c(c1C)C(F)(F)C2(O)COC1CCC(C)CC1. The number of hydrogen-bond donors (Lipinski definition) is 1. The largest absolute Gasteiger partial charge is 0.496 e. The molecule has 1 fully saturated rings. The molecular weight excluding hydrogens is 378 g/mol. The number of benzene rings is 1. The van der Waals surface area contributed by atoms with Crippen molar-refractivity contribution in [3.8, 4) is 5.75 Å². The van der Waals surface area contributed by atoms with Crippen molar-refractivity contribution >= 4 is 12.0 Å². The zero-order valence-electron chi connectivity index (χ0n) is 18.0. The van der Waals surface area contributed by atoms with E-state index in [1.807, 2.05) is 18.9 Å². The normalized spacial score (nSPS) is 28.1. The molecule has 1 saturated carbocycles. The van der Waals surface area contributed by atoms with E-state index in [9.17, 15) is 5.11 Å². The molecule has 1 N–H and O–H groups in total. The molecule has 1 aromatic rings. The molecule has 0 aromatic heterocycles. The summed E-state index contributed by atoms with van der Waals surface area (Å²) in [6.45, 7) is 6.07. The number of alkyl halides is 2. The first-order chi connectivity index (χ1) is 13.7. The lowest BCUT2D eigenvalue weighted by atomic mass is 9.67. The van der Waals surface area contributed by atoms with Gasteiger partial charge >= 0.3 is 5.92 Å². The predicted molar refractivity (Wildman–Crippen MR) is 109 cm³/mol. The predicted octanol–water partition coefficient (Wildman–Crippen LogP) is 4.50. The van der Waals surface area contributed by atoms with Gasteiger partial charge in [0.2, 0.25) is 0 Å². The number of ether oxygens (including phenoxy) is 2. The highest BCUT2D eigenvalue weighted by Crippen LogP contribution is 2.62. The molecule has 5 nitrogen and oxygen atoms in total. The Hall–Kier alpha value is -1.73. The third-order valence-corrected chi connectivity index (χ3v) is 6.37. The van der Waals surface area contributed by atoms with Gasteiger partial charge in [-0.1, -0.05) is 6.92 Å². The van der Waals surface area contributed by atoms with Crippen molar-refractivity contribution in [2.24, 2.45) is 10.9 Å². The Morgan fingerprint density at radius 3 is 2.52 bits per heavy atom. The van der Waals surface area contributed by atoms with E-state index in [0.29, 0.717) is 17.2 Å². The van der Waals surface area contributed by atoms with Crippen LogP contribution in [0.5, 0.6) is 5.75 Å². The van der Waals surface area contributed by atoms with E-state index in [-0.39, 0.29) is 23.0 Å². The van der Waals surface area contributed by atoms with E-state index in [1.54, 1.807) is 19.3 Å². The van der Waals surface area contributed by atoms with Crippen molar-refractivity contribution in [2.45, 2.75) is 64.1 Å². The second kappa shape index (κ2) is 8.19. The van der Waals surface area contributed by atoms with Crippen LogP contribution in [0.3, 0.4) is 0 Å². The van der Waals surface area contributed by atoms with Gasteiger partial charge in [-0.2, -0.15) is 8.78 Å². The molecule has 0 amide bonds. The highest BCUT2D eigenvalue weighted by molar-refractivity contribution is 5.71. The van der Waals surface area contributed by atoms with Crippen LogP contribution in [-0.2, 0) is 16.3 Å². The van der Waals surface area contributed by atoms with Crippen LogP contribution in [-0.4, -0.2) is 49.8 Å². The molecule has 0 saturated heterocycles. The Morgan fingerprint density at radius 1 is 1.28 bits per heavy atom. The number of hydrogen-bond acceptors (Lipinski definition) is 4. The molecule has 7 heteroatoms. The summed E-state index contributed by atoms with van der Waals surface area (Å²) in [5.74, 6) is -2.58. The summed E-state index contributed by atoms with van der Waals surface area (Å²) in [6.07, 6.45) is 5.23. The van der Waals surface area contributed by atoms with Gasteiger partial charge in [0.05, 0.1) is 31.8 Å². The summed E-state index contributed by atoms with van der Waals surface area (Å²) in [7, 11) is 3.27. The zero-order chi connectivity index (χ0) is 21.4. The standard InChI is InChI=1S/C22H32F2N2O3/c1-6-26(4)13-25-17-11-18(28-5)20-19(15(17)3)22(23,24)21(20,27)12-29-16-9-7-14(2)8-10-16/h11,13-14,16,27H,6-10,12H2,1-5H3/b25-13+. The lowest BCUT2D eigenvalue weighted by molar-refractivity contribution is -0.255. The fourth-order valence-electron chi connectivity index (χ4n) is 4.18. The zero-order valence-corrected chi connectivity index (χ0v) is 18.0. The van der Waals surface area contributed by atoms with Gasteiger partial charge in [-0.25, -0.2) is 4.99 Å². The van der Waals surface area contributed by atoms with E-state index in [2.05, 4.69) is 11.9 Å². The molecule has 0 heterocycles. The van der Waals surface area contributed by atoms with Gasteiger partial charge in [0.25, 0.3) is 0 Å². The summed E-state index contributed by atoms with van der Waals surface area (Å²) >= 11 is 0. The molecule has 3 rings (SSSR count). The Morgan fingerprint density at radius 2 is 1.93 bits per heavy atom. The van der Waals surface area contributed by atoms with Crippen molar-refractivity contribution in [1.82, 2.24) is 4.90 Å². The van der Waals surface area contributed by atoms with Gasteiger partial charge in [-0.05, 0) is 51.0 Å². The van der Waals surface area contributed by atoms with E-state index >= 15 is 8.78 Å². The third-order valence-electron chi connectivity index (χ3n) is 6.37. The number of fused-ring (bicyclic) bond motifs is 1. The van der Waals surface area contributed by atoms with Gasteiger partial charge in [0.15, 0.2) is 5.60 Å². The number of nitrogens with zero attached hydrogens (tertiary/aromatic N) is 2. The number of rotatable bonds is 7. The number of aliphatic hydroxyl groups is 1. The molecule has 162 valence electrons. The highest BCUT2D eigenvalue weighted by Gasteiger charge is 2.68. The molecule has 2 aliphatic carbocycles. The molecule has 2 aliphatic rings. The second-order valence-electron chi connectivity index (χ2n) is 8.42. The molecule has 1 atom stereocenters. The molecule has 0 radical (unpaired) electrons. The van der Waals surface area contributed by atoms with Crippen molar-refractivity contribution in [3.63, 3.8) is 0 Å². The third kappa shape index (κ3) is 3.75. The minimum absolute atomic E-state index is 0.0874. The van der Waals surface area contributed by atoms with Crippen LogP contribution in [0.1, 0.15) is 56.2 Å². The van der Waals surface area contributed by atoms with Gasteiger partial charge in [0.1, 0.15) is 5.75 Å². The molecule has 29 heavy (non-hydrogen) atoms. The molecular formula is C22H32F2N2O3. The van der Waals surface area contributed by atoms with Crippen LogP contribution < -0.4 is 4.74 Å². The first-order valence-electron chi connectivity index (χ1n) is 10.3. The van der Waals surface area contributed by atoms with Gasteiger partial charge in [0, 0.05) is 30.8 Å². The molecule has 0 aliphatic heterocycles. The molecule has 1 unspecified atom stereocenters. The average Bonchev–Trinajstić information content (AvgIpc) is 2.71. The first kappa shape index (κ1) is 22.0. The van der Waals surface area contributed by atoms with Crippen LogP contribution in [0.15, 0.2) is 11.1 Å². The van der Waals surface area contributed by atoms with E-state index < -0.39 is 18.1 Å². The van der Waals surface area contributed by atoms with Crippen molar-refractivity contribution in [1.29, 1.82) is 0 Å². The lowest BCUT2D eigenvalue weighted by Crippen LogP contribution is -2.57. The van der Waals surface area contributed by atoms with Gasteiger partial charge in [-0.3, -0.25) is 0 Å². The minimum atomic E-state index is -3.43. The topological polar surface area (TPSA) is 54.3 Å². The summed E-state index contributed by atoms with van der Waals surface area (Å²) in [5, 5.41) is 11.0. The van der Waals surface area contributed by atoms with Crippen LogP contribution in [0, 0.1) is 12.8 Å². The Labute approximate surface area is 171 Å². The average molecular weight is 411 g/mol. The number of aliphatic imine (C=N–C) groups is 1. The van der Waals surface area contributed by atoms with Crippen LogP contribution in [0.2, 0.25) is 0 Å². The highest BCUT2D eigenvalue weighted by atomic mass is 19.3. The maximum atomic E-state index is 15.2. The fourth-order valence-corrected chi connectivity index (χ4v) is 4.18. The maximum absolute atomic E-state index is 15.2. The van der Waals surface area contributed by atoms with Crippen LogP contribution in [0.4, 0.5) is 14.5 Å². The summed E-state index contributed by atoms with van der Waals surface area (Å²) in [6, 6.07) is 1.61. The van der Waals surface area contributed by atoms with E-state index in [0.717, 1.165) is 32.2 Å². The second-order valence-corrected chi connectivity index (χ2v) is 8.42. The van der Waals surface area contributed by atoms with E-state index in [4.69, 9.17) is 9.47 Å². The Kier molecular flexibility index (Phi) is 6.20. The quantitative estimate of drug-likeness (QED) is 0.531. The monoisotopic (exact) mass is 410 g/mol. The van der Waals surface area contributed by atoms with Crippen LogP contribution >= 0.6 is 0 Å². The molecule has 0 bridgehead atoms. The summed E-state index contributed by atoms with van der Waals surface area (Å²) in [4.78, 5) is 6.18. The Balaban J connectivity index is 1.90. The summed E-state index contributed by atoms with van der Waals surface area (Å²) < 4.78 is 41.5. The molecule has 1 aromatic carbocycles. The maximum Gasteiger partial charge on any atom is 0.308 e. The van der Waals surface area contributed by atoms with Gasteiger partial charge in [-0.15, -0.1) is 0 Å². The summed E-state index contributed by atoms with van der Waals surface area (Å²) in [5.41, 5.74) is -1.71. The van der Waals surface area contributed by atoms with Gasteiger partial charge < -0.3 is 19.5 Å². The number of methoxy groups -OCH3 is 1. The smallest absolute Gasteiger partial charge is 0.308 e. The lowest BCUT2D eigenvalue weighted by Gasteiger charge is -2.48.